The van der Waals surface area contributed by atoms with Gasteiger partial charge in [-0.05, 0) is 25.2 Å². The third-order valence-corrected chi connectivity index (χ3v) is 3.83. The molecule has 0 fully saturated rings. The Morgan fingerprint density at radius 3 is 3.27 bits per heavy atom. The van der Waals surface area contributed by atoms with Gasteiger partial charge >= 0.3 is 0 Å². The highest BCUT2D eigenvalue weighted by Crippen LogP contribution is 2.31. The molecule has 1 heterocycles. The Kier molecular flexibility index (Phi) is 3.26. The highest BCUT2D eigenvalue weighted by molar-refractivity contribution is 7.15. The summed E-state index contributed by atoms with van der Waals surface area (Å²) in [5.41, 5.74) is 1.16. The first-order chi connectivity index (χ1) is 7.19. The average molecular weight is 245 g/mol. The first-order valence-corrected chi connectivity index (χ1v) is 6.38. The molecule has 1 aromatic heterocycles. The molecule has 15 heavy (non-hydrogen) atoms. The monoisotopic (exact) mass is 244 g/mol. The van der Waals surface area contributed by atoms with Crippen LogP contribution in [0.5, 0.6) is 0 Å². The van der Waals surface area contributed by atoms with Crippen molar-refractivity contribution in [1.82, 2.24) is 4.98 Å². The number of aryl methyl sites for hydroxylation is 1. The molecule has 0 bridgehead atoms. The topological polar surface area (TPSA) is 42.0 Å². The molecule has 1 atom stereocenters. The molecule has 0 aliphatic heterocycles. The van der Waals surface area contributed by atoms with Crippen molar-refractivity contribution in [3.63, 3.8) is 0 Å². The molecule has 0 saturated heterocycles. The lowest BCUT2D eigenvalue weighted by Crippen LogP contribution is -2.12. The quantitative estimate of drug-likeness (QED) is 0.812. The van der Waals surface area contributed by atoms with E-state index in [0.717, 1.165) is 24.5 Å². The van der Waals surface area contributed by atoms with Crippen LogP contribution in [0.25, 0.3) is 0 Å². The number of nitrogens with zero attached hydrogens (tertiary/aromatic N) is 1. The molecule has 0 saturated carbocycles. The van der Waals surface area contributed by atoms with E-state index in [0.29, 0.717) is 5.13 Å². The lowest BCUT2D eigenvalue weighted by Gasteiger charge is -2.15. The van der Waals surface area contributed by atoms with Gasteiger partial charge in [0, 0.05) is 4.88 Å². The number of hydrogen-bond acceptors (Lipinski definition) is 3. The smallest absolute Gasteiger partial charge is 0.241 e. The minimum Gasteiger partial charge on any atom is -0.301 e. The van der Waals surface area contributed by atoms with Gasteiger partial charge in [0.15, 0.2) is 5.13 Å². The van der Waals surface area contributed by atoms with Gasteiger partial charge in [-0.1, -0.05) is 6.92 Å². The lowest BCUT2D eigenvalue weighted by molar-refractivity contribution is -0.113. The number of anilines is 1. The van der Waals surface area contributed by atoms with E-state index in [1.807, 2.05) is 0 Å². The first kappa shape index (κ1) is 10.9. The minimum atomic E-state index is -0.184. The molecular weight excluding hydrogens is 232 g/mol. The number of aromatic nitrogens is 1. The van der Waals surface area contributed by atoms with E-state index in [1.165, 1.54) is 11.3 Å². The van der Waals surface area contributed by atoms with Gasteiger partial charge in [0.05, 0.1) is 5.69 Å². The summed E-state index contributed by atoms with van der Waals surface area (Å²) in [5.74, 6) is 0.533. The summed E-state index contributed by atoms with van der Waals surface area (Å²) in [6.07, 6.45) is 3.31. The molecule has 0 aromatic carbocycles. The zero-order chi connectivity index (χ0) is 10.8. The van der Waals surface area contributed by atoms with Crippen LogP contribution in [0.4, 0.5) is 5.13 Å². The number of halogens is 1. The summed E-state index contributed by atoms with van der Waals surface area (Å²) in [6.45, 7) is 2.25. The lowest BCUT2D eigenvalue weighted by atomic mass is 9.93. The Hall–Kier alpha value is -0.610. The zero-order valence-corrected chi connectivity index (χ0v) is 10.1. The second kappa shape index (κ2) is 4.49. The highest BCUT2D eigenvalue weighted by atomic mass is 35.5. The molecule has 5 heteroatoms. The summed E-state index contributed by atoms with van der Waals surface area (Å²) in [7, 11) is 0. The number of nitrogens with one attached hydrogen (secondary N) is 1. The van der Waals surface area contributed by atoms with Gasteiger partial charge in [0.1, 0.15) is 5.88 Å². The van der Waals surface area contributed by atoms with Gasteiger partial charge in [-0.3, -0.25) is 4.79 Å². The molecule has 0 radical (unpaired) electrons. The van der Waals surface area contributed by atoms with E-state index >= 15 is 0 Å². The molecule has 1 N–H and O–H groups in total. The van der Waals surface area contributed by atoms with Gasteiger partial charge in [0.2, 0.25) is 5.91 Å². The van der Waals surface area contributed by atoms with Crippen molar-refractivity contribution in [3.05, 3.63) is 10.6 Å². The molecule has 0 spiro atoms. The normalized spacial score (nSPS) is 19.7. The second-order valence-electron chi connectivity index (χ2n) is 3.92. The van der Waals surface area contributed by atoms with E-state index in [2.05, 4.69) is 17.2 Å². The van der Waals surface area contributed by atoms with E-state index in [-0.39, 0.29) is 11.8 Å². The standard InChI is InChI=1S/C10H13ClN2OS/c1-6-2-3-7-8(4-6)15-10(12-7)13-9(14)5-11/h6H,2-5H2,1H3,(H,12,13,14)/t6-/m0/s1. The summed E-state index contributed by atoms with van der Waals surface area (Å²) < 4.78 is 0. The van der Waals surface area contributed by atoms with Crippen molar-refractivity contribution in [2.45, 2.75) is 26.2 Å². The molecule has 1 aliphatic rings. The van der Waals surface area contributed by atoms with Crippen molar-refractivity contribution in [2.75, 3.05) is 11.2 Å². The van der Waals surface area contributed by atoms with Crippen LogP contribution in [0.15, 0.2) is 0 Å². The Bertz CT molecular complexity index is 377. The third-order valence-electron chi connectivity index (χ3n) is 2.55. The zero-order valence-electron chi connectivity index (χ0n) is 8.55. The summed E-state index contributed by atoms with van der Waals surface area (Å²) in [6, 6.07) is 0. The SMILES string of the molecule is C[C@H]1CCc2nc(NC(=O)CCl)sc2C1. The highest BCUT2D eigenvalue weighted by Gasteiger charge is 2.20. The number of rotatable bonds is 2. The van der Waals surface area contributed by atoms with Crippen LogP contribution in [0.1, 0.15) is 23.9 Å². The van der Waals surface area contributed by atoms with Crippen LogP contribution < -0.4 is 5.32 Å². The van der Waals surface area contributed by atoms with Crippen LogP contribution in [0.3, 0.4) is 0 Å². The Morgan fingerprint density at radius 2 is 2.53 bits per heavy atom. The molecule has 82 valence electrons. The number of carbonyl (C=O) groups is 1. The second-order valence-corrected chi connectivity index (χ2v) is 5.27. The third kappa shape index (κ3) is 2.49. The van der Waals surface area contributed by atoms with Crippen LogP contribution in [0.2, 0.25) is 0 Å². The molecular formula is C10H13ClN2OS. The van der Waals surface area contributed by atoms with E-state index < -0.39 is 0 Å². The predicted molar refractivity (Wildman–Crippen MR) is 62.7 cm³/mol. The van der Waals surface area contributed by atoms with E-state index in [4.69, 9.17) is 11.6 Å². The summed E-state index contributed by atoms with van der Waals surface area (Å²) >= 11 is 7.00. The summed E-state index contributed by atoms with van der Waals surface area (Å²) in [5, 5.41) is 3.39. The first-order valence-electron chi connectivity index (χ1n) is 5.03. The summed E-state index contributed by atoms with van der Waals surface area (Å²) in [4.78, 5) is 16.8. The largest absolute Gasteiger partial charge is 0.301 e. The van der Waals surface area contributed by atoms with Crippen LogP contribution in [0, 0.1) is 5.92 Å². The predicted octanol–water partition coefficient (Wildman–Crippen LogP) is 2.45. The van der Waals surface area contributed by atoms with Gasteiger partial charge in [0.25, 0.3) is 0 Å². The minimum absolute atomic E-state index is 0.0132. The molecule has 2 rings (SSSR count). The maximum absolute atomic E-state index is 11.1. The van der Waals surface area contributed by atoms with Gasteiger partial charge in [-0.15, -0.1) is 22.9 Å². The number of thiazole rings is 1. The molecule has 0 unspecified atom stereocenters. The van der Waals surface area contributed by atoms with Crippen LogP contribution in [-0.2, 0) is 17.6 Å². The Labute approximate surface area is 97.9 Å². The van der Waals surface area contributed by atoms with Crippen LogP contribution in [-0.4, -0.2) is 16.8 Å². The maximum Gasteiger partial charge on any atom is 0.241 e. The Morgan fingerprint density at radius 1 is 1.73 bits per heavy atom. The van der Waals surface area contributed by atoms with Gasteiger partial charge in [-0.25, -0.2) is 4.98 Å². The van der Waals surface area contributed by atoms with Crippen molar-refractivity contribution in [1.29, 1.82) is 0 Å². The molecule has 1 aromatic rings. The van der Waals surface area contributed by atoms with Crippen LogP contribution >= 0.6 is 22.9 Å². The van der Waals surface area contributed by atoms with Crippen molar-refractivity contribution in [2.24, 2.45) is 5.92 Å². The number of alkyl halides is 1. The van der Waals surface area contributed by atoms with Crippen molar-refractivity contribution < 1.29 is 4.79 Å². The molecule has 1 amide bonds. The average Bonchev–Trinajstić information content (AvgIpc) is 2.59. The molecule has 3 nitrogen and oxygen atoms in total. The fraction of sp³-hybridized carbons (Fsp3) is 0.600. The Balaban J connectivity index is 2.12. The van der Waals surface area contributed by atoms with Gasteiger partial charge < -0.3 is 5.32 Å². The molecule has 1 aliphatic carbocycles. The number of amides is 1. The fourth-order valence-corrected chi connectivity index (χ4v) is 3.00. The van der Waals surface area contributed by atoms with Crippen molar-refractivity contribution >= 4 is 34.0 Å². The number of hydrogen-bond donors (Lipinski definition) is 1. The fourth-order valence-electron chi connectivity index (χ4n) is 1.75. The number of fused-ring (bicyclic) bond motifs is 1. The number of carbonyl (C=O) groups excluding carboxylic acids is 1. The van der Waals surface area contributed by atoms with Crippen molar-refractivity contribution in [3.8, 4) is 0 Å². The maximum atomic E-state index is 11.1. The van der Waals surface area contributed by atoms with Gasteiger partial charge in [-0.2, -0.15) is 0 Å². The van der Waals surface area contributed by atoms with E-state index in [1.54, 1.807) is 11.3 Å². The van der Waals surface area contributed by atoms with E-state index in [9.17, 15) is 4.79 Å².